The molecule has 1 fully saturated rings. The molecule has 0 bridgehead atoms. The van der Waals surface area contributed by atoms with Crippen molar-refractivity contribution in [1.82, 2.24) is 15.1 Å². The summed E-state index contributed by atoms with van der Waals surface area (Å²) in [5.41, 5.74) is 0.622. The van der Waals surface area contributed by atoms with Crippen molar-refractivity contribution >= 4 is 17.5 Å². The zero-order valence-electron chi connectivity index (χ0n) is 9.16. The van der Waals surface area contributed by atoms with Crippen molar-refractivity contribution in [3.63, 3.8) is 0 Å². The molecule has 0 aliphatic heterocycles. The molecule has 1 saturated carbocycles. The number of aromatic nitrogens is 2. The van der Waals surface area contributed by atoms with Crippen molar-refractivity contribution in [2.24, 2.45) is 0 Å². The average Bonchev–Trinajstić information content (AvgIpc) is 2.96. The van der Waals surface area contributed by atoms with Crippen LogP contribution >= 0.6 is 11.6 Å². The summed E-state index contributed by atoms with van der Waals surface area (Å²) in [5, 5.41) is 6.47. The van der Waals surface area contributed by atoms with Gasteiger partial charge in [0.1, 0.15) is 0 Å². The molecule has 4 nitrogen and oxygen atoms in total. The Morgan fingerprint density at radius 3 is 2.88 bits per heavy atom. The Kier molecular flexibility index (Phi) is 3.83. The van der Waals surface area contributed by atoms with E-state index >= 15 is 0 Å². The van der Waals surface area contributed by atoms with Crippen LogP contribution in [0, 0.1) is 0 Å². The summed E-state index contributed by atoms with van der Waals surface area (Å²) in [6.07, 6.45) is 7.82. The van der Waals surface area contributed by atoms with Gasteiger partial charge in [0.05, 0.1) is 11.8 Å². The average molecular weight is 242 g/mol. The van der Waals surface area contributed by atoms with E-state index in [9.17, 15) is 4.79 Å². The van der Waals surface area contributed by atoms with E-state index in [1.807, 2.05) is 4.90 Å². The van der Waals surface area contributed by atoms with E-state index < -0.39 is 0 Å². The number of nitrogens with zero attached hydrogens (tertiary/aromatic N) is 2. The molecule has 5 heteroatoms. The van der Waals surface area contributed by atoms with E-state index in [2.05, 4.69) is 10.2 Å². The lowest BCUT2D eigenvalue weighted by Gasteiger charge is -2.27. The van der Waals surface area contributed by atoms with Gasteiger partial charge in [0.2, 0.25) is 0 Å². The molecule has 16 heavy (non-hydrogen) atoms. The molecule has 1 N–H and O–H groups in total. The molecule has 1 aliphatic rings. The van der Waals surface area contributed by atoms with E-state index in [1.165, 1.54) is 12.8 Å². The molecule has 0 unspecified atom stereocenters. The van der Waals surface area contributed by atoms with Crippen LogP contribution in [0.3, 0.4) is 0 Å². The Hall–Kier alpha value is -1.03. The molecule has 0 aromatic carbocycles. The van der Waals surface area contributed by atoms with Gasteiger partial charge >= 0.3 is 0 Å². The normalized spacial score (nSPS) is 16.6. The summed E-state index contributed by atoms with van der Waals surface area (Å²) in [7, 11) is 0. The van der Waals surface area contributed by atoms with Crippen LogP contribution in [0.5, 0.6) is 0 Å². The van der Waals surface area contributed by atoms with Gasteiger partial charge in [0.25, 0.3) is 5.91 Å². The monoisotopic (exact) mass is 241 g/mol. The minimum atomic E-state index is 0.0429. The third-order valence-corrected chi connectivity index (χ3v) is 3.27. The van der Waals surface area contributed by atoms with Crippen molar-refractivity contribution in [3.8, 4) is 0 Å². The Morgan fingerprint density at radius 2 is 2.31 bits per heavy atom. The highest BCUT2D eigenvalue weighted by Gasteiger charge is 2.27. The van der Waals surface area contributed by atoms with Crippen LogP contribution in [0.1, 0.15) is 36.0 Å². The molecular weight excluding hydrogens is 226 g/mol. The predicted molar refractivity (Wildman–Crippen MR) is 62.6 cm³/mol. The fourth-order valence-electron chi connectivity index (χ4n) is 2.29. The summed E-state index contributed by atoms with van der Waals surface area (Å²) < 4.78 is 0. The van der Waals surface area contributed by atoms with Crippen molar-refractivity contribution in [3.05, 3.63) is 18.0 Å². The van der Waals surface area contributed by atoms with Crippen LogP contribution in [0.2, 0.25) is 0 Å². The number of aromatic amines is 1. The van der Waals surface area contributed by atoms with Gasteiger partial charge in [-0.2, -0.15) is 5.10 Å². The smallest absolute Gasteiger partial charge is 0.257 e. The highest BCUT2D eigenvalue weighted by atomic mass is 35.5. The fraction of sp³-hybridized carbons (Fsp3) is 0.636. The fourth-order valence-corrected chi connectivity index (χ4v) is 2.47. The third kappa shape index (κ3) is 2.38. The van der Waals surface area contributed by atoms with Crippen molar-refractivity contribution in [2.45, 2.75) is 31.7 Å². The number of amides is 1. The third-order valence-electron chi connectivity index (χ3n) is 3.10. The van der Waals surface area contributed by atoms with Crippen LogP contribution in [0.4, 0.5) is 0 Å². The lowest BCUT2D eigenvalue weighted by molar-refractivity contribution is 0.0695. The van der Waals surface area contributed by atoms with Gasteiger partial charge in [-0.25, -0.2) is 0 Å². The number of carbonyl (C=O) groups excluding carboxylic acids is 1. The quantitative estimate of drug-likeness (QED) is 0.820. The zero-order valence-corrected chi connectivity index (χ0v) is 9.91. The standard InChI is InChI=1S/C11H16ClN3O/c12-5-6-15(10-3-1-2-4-10)11(16)9-7-13-14-8-9/h7-8,10H,1-6H2,(H,13,14). The second-order valence-corrected chi connectivity index (χ2v) is 4.49. The highest BCUT2D eigenvalue weighted by molar-refractivity contribution is 6.18. The summed E-state index contributed by atoms with van der Waals surface area (Å²) in [6, 6.07) is 0.362. The number of H-pyrrole nitrogens is 1. The van der Waals surface area contributed by atoms with Gasteiger partial charge in [0.15, 0.2) is 0 Å². The molecule has 0 saturated heterocycles. The summed E-state index contributed by atoms with van der Waals surface area (Å²) in [4.78, 5) is 14.1. The second-order valence-electron chi connectivity index (χ2n) is 4.11. The van der Waals surface area contributed by atoms with Crippen molar-refractivity contribution < 1.29 is 4.79 Å². The first-order valence-electron chi connectivity index (χ1n) is 5.68. The maximum atomic E-state index is 12.2. The highest BCUT2D eigenvalue weighted by Crippen LogP contribution is 2.24. The van der Waals surface area contributed by atoms with E-state index in [0.717, 1.165) is 12.8 Å². The first-order chi connectivity index (χ1) is 7.83. The number of hydrogen-bond donors (Lipinski definition) is 1. The first kappa shape index (κ1) is 11.5. The number of alkyl halides is 1. The van der Waals surface area contributed by atoms with Crippen molar-refractivity contribution in [2.75, 3.05) is 12.4 Å². The Labute approximate surface area is 100.0 Å². The molecule has 0 radical (unpaired) electrons. The predicted octanol–water partition coefficient (Wildman–Crippen LogP) is 2.03. The largest absolute Gasteiger partial charge is 0.334 e. The van der Waals surface area contributed by atoms with Gasteiger partial charge in [-0.05, 0) is 12.8 Å². The number of nitrogens with one attached hydrogen (secondary N) is 1. The van der Waals surface area contributed by atoms with Gasteiger partial charge in [-0.15, -0.1) is 11.6 Å². The van der Waals surface area contributed by atoms with Gasteiger partial charge in [0, 0.05) is 24.7 Å². The molecule has 1 amide bonds. The van der Waals surface area contributed by atoms with Gasteiger partial charge < -0.3 is 4.90 Å². The molecule has 2 rings (SSSR count). The van der Waals surface area contributed by atoms with E-state index in [4.69, 9.17) is 11.6 Å². The molecule has 1 aromatic rings. The van der Waals surface area contributed by atoms with E-state index in [-0.39, 0.29) is 5.91 Å². The molecular formula is C11H16ClN3O. The second kappa shape index (κ2) is 5.34. The minimum Gasteiger partial charge on any atom is -0.334 e. The lowest BCUT2D eigenvalue weighted by Crippen LogP contribution is -2.40. The molecule has 0 spiro atoms. The summed E-state index contributed by atoms with van der Waals surface area (Å²) in [5.74, 6) is 0.529. The van der Waals surface area contributed by atoms with Crippen LogP contribution in [-0.2, 0) is 0 Å². The van der Waals surface area contributed by atoms with E-state index in [0.29, 0.717) is 24.0 Å². The lowest BCUT2D eigenvalue weighted by atomic mass is 10.2. The topological polar surface area (TPSA) is 49.0 Å². The number of hydrogen-bond acceptors (Lipinski definition) is 2. The molecule has 1 heterocycles. The summed E-state index contributed by atoms with van der Waals surface area (Å²) >= 11 is 5.76. The first-order valence-corrected chi connectivity index (χ1v) is 6.22. The Morgan fingerprint density at radius 1 is 1.56 bits per heavy atom. The number of carbonyl (C=O) groups is 1. The number of halogens is 1. The summed E-state index contributed by atoms with van der Waals surface area (Å²) in [6.45, 7) is 0.621. The van der Waals surface area contributed by atoms with Gasteiger partial charge in [-0.3, -0.25) is 9.89 Å². The molecule has 1 aromatic heterocycles. The van der Waals surface area contributed by atoms with Crippen molar-refractivity contribution in [1.29, 1.82) is 0 Å². The number of rotatable bonds is 4. The van der Waals surface area contributed by atoms with Crippen LogP contribution in [-0.4, -0.2) is 39.5 Å². The minimum absolute atomic E-state index is 0.0429. The zero-order chi connectivity index (χ0) is 11.4. The Balaban J connectivity index is 2.09. The van der Waals surface area contributed by atoms with Crippen LogP contribution < -0.4 is 0 Å². The molecule has 1 aliphatic carbocycles. The van der Waals surface area contributed by atoms with Gasteiger partial charge in [-0.1, -0.05) is 12.8 Å². The maximum Gasteiger partial charge on any atom is 0.257 e. The Bertz CT molecular complexity index is 333. The maximum absolute atomic E-state index is 12.2. The van der Waals surface area contributed by atoms with Crippen LogP contribution in [0.25, 0.3) is 0 Å². The molecule has 0 atom stereocenters. The van der Waals surface area contributed by atoms with Crippen LogP contribution in [0.15, 0.2) is 12.4 Å². The molecule has 88 valence electrons. The van der Waals surface area contributed by atoms with E-state index in [1.54, 1.807) is 12.4 Å². The SMILES string of the molecule is O=C(c1cn[nH]c1)N(CCCl)C1CCCC1.